The number of hydrogen-bond donors (Lipinski definition) is 0. The Balaban J connectivity index is 1.63. The molecule has 0 radical (unpaired) electrons. The van der Waals surface area contributed by atoms with E-state index in [1.165, 1.54) is 34.2 Å². The lowest BCUT2D eigenvalue weighted by Crippen LogP contribution is -2.39. The minimum atomic E-state index is 0.506. The first-order chi connectivity index (χ1) is 10.9. The van der Waals surface area contributed by atoms with Crippen LogP contribution in [0, 0.1) is 0 Å². The van der Waals surface area contributed by atoms with Crippen LogP contribution in [0.5, 0.6) is 0 Å². The van der Waals surface area contributed by atoms with Gasteiger partial charge < -0.3 is 0 Å². The van der Waals surface area contributed by atoms with Crippen LogP contribution < -0.4 is 0 Å². The van der Waals surface area contributed by atoms with E-state index >= 15 is 0 Å². The van der Waals surface area contributed by atoms with Gasteiger partial charge in [0, 0.05) is 36.6 Å². The molecule has 3 heterocycles. The van der Waals surface area contributed by atoms with Gasteiger partial charge in [-0.2, -0.15) is 0 Å². The van der Waals surface area contributed by atoms with Crippen LogP contribution in [0.4, 0.5) is 0 Å². The molecule has 2 aromatic carbocycles. The Morgan fingerprint density at radius 2 is 1.82 bits per heavy atom. The Morgan fingerprint density at radius 3 is 2.82 bits per heavy atom. The molecule has 3 aromatic rings. The fraction of sp³-hybridized carbons (Fsp3) is 0.250. The van der Waals surface area contributed by atoms with Crippen LogP contribution in [0.25, 0.3) is 10.9 Å². The van der Waals surface area contributed by atoms with Gasteiger partial charge in [0.1, 0.15) is 0 Å². The molecule has 2 nitrogen and oxygen atoms in total. The predicted molar refractivity (Wildman–Crippen MR) is 88.7 cm³/mol. The standard InChI is InChI=1S/C20H18N2/c1-3-7-17-14(5-1)9-10-22-13-16-11-15-6-2-4-8-18(15)21-19(16)12-20(17)22/h1-8,11,20H,9-10,12-13H2. The summed E-state index contributed by atoms with van der Waals surface area (Å²) in [6.45, 7) is 2.19. The molecule has 5 rings (SSSR count). The number of pyridine rings is 1. The van der Waals surface area contributed by atoms with Gasteiger partial charge in [0.15, 0.2) is 0 Å². The lowest BCUT2D eigenvalue weighted by Gasteiger charge is -2.41. The van der Waals surface area contributed by atoms with Gasteiger partial charge in [-0.25, -0.2) is 0 Å². The smallest absolute Gasteiger partial charge is 0.0705 e. The first-order valence-corrected chi connectivity index (χ1v) is 8.08. The molecule has 0 amide bonds. The van der Waals surface area contributed by atoms with Crippen molar-refractivity contribution in [2.45, 2.75) is 25.4 Å². The highest BCUT2D eigenvalue weighted by Crippen LogP contribution is 2.37. The topological polar surface area (TPSA) is 16.1 Å². The molecule has 0 spiro atoms. The van der Waals surface area contributed by atoms with Crippen molar-refractivity contribution in [1.82, 2.24) is 9.88 Å². The summed E-state index contributed by atoms with van der Waals surface area (Å²) in [4.78, 5) is 7.58. The molecule has 1 atom stereocenters. The van der Waals surface area contributed by atoms with Crippen molar-refractivity contribution in [3.05, 3.63) is 77.0 Å². The lowest BCUT2D eigenvalue weighted by atomic mass is 9.86. The zero-order valence-electron chi connectivity index (χ0n) is 12.5. The summed E-state index contributed by atoms with van der Waals surface area (Å²) >= 11 is 0. The first-order valence-electron chi connectivity index (χ1n) is 8.08. The van der Waals surface area contributed by atoms with Gasteiger partial charge in [-0.05, 0) is 35.2 Å². The molecular weight excluding hydrogens is 268 g/mol. The van der Waals surface area contributed by atoms with E-state index in [4.69, 9.17) is 4.98 Å². The molecule has 0 saturated heterocycles. The molecule has 0 fully saturated rings. The van der Waals surface area contributed by atoms with Gasteiger partial charge in [-0.15, -0.1) is 0 Å². The summed E-state index contributed by atoms with van der Waals surface area (Å²) in [6.07, 6.45) is 2.21. The summed E-state index contributed by atoms with van der Waals surface area (Å²) in [7, 11) is 0. The third-order valence-electron chi connectivity index (χ3n) is 5.18. The quantitative estimate of drug-likeness (QED) is 0.623. The summed E-state index contributed by atoms with van der Waals surface area (Å²) in [6, 6.07) is 20.2. The van der Waals surface area contributed by atoms with Crippen LogP contribution in [0.15, 0.2) is 54.6 Å². The van der Waals surface area contributed by atoms with E-state index in [0.29, 0.717) is 6.04 Å². The zero-order valence-corrected chi connectivity index (χ0v) is 12.5. The van der Waals surface area contributed by atoms with E-state index in [9.17, 15) is 0 Å². The first kappa shape index (κ1) is 12.4. The second-order valence-electron chi connectivity index (χ2n) is 6.43. The van der Waals surface area contributed by atoms with Gasteiger partial charge in [0.25, 0.3) is 0 Å². The number of para-hydroxylation sites is 1. The number of nitrogens with zero attached hydrogens (tertiary/aromatic N) is 2. The largest absolute Gasteiger partial charge is 0.291 e. The van der Waals surface area contributed by atoms with Crippen LogP contribution in [0.1, 0.15) is 28.4 Å². The fourth-order valence-electron chi connectivity index (χ4n) is 4.05. The SMILES string of the molecule is c1ccc2c(c1)CCN1Cc3cc4ccccc4nc3CC21. The molecule has 0 bridgehead atoms. The number of rotatable bonds is 0. The van der Waals surface area contributed by atoms with E-state index in [-0.39, 0.29) is 0 Å². The van der Waals surface area contributed by atoms with Gasteiger partial charge in [-0.3, -0.25) is 9.88 Å². The van der Waals surface area contributed by atoms with Crippen molar-refractivity contribution in [2.24, 2.45) is 0 Å². The van der Waals surface area contributed by atoms with Crippen LogP contribution in [0.3, 0.4) is 0 Å². The van der Waals surface area contributed by atoms with Gasteiger partial charge in [0.05, 0.1) is 5.52 Å². The van der Waals surface area contributed by atoms with Crippen molar-refractivity contribution in [2.75, 3.05) is 6.54 Å². The molecule has 0 saturated carbocycles. The number of hydrogen-bond acceptors (Lipinski definition) is 2. The number of aromatic nitrogens is 1. The normalized spacial score (nSPS) is 20.3. The van der Waals surface area contributed by atoms with Crippen molar-refractivity contribution in [3.8, 4) is 0 Å². The highest BCUT2D eigenvalue weighted by Gasteiger charge is 2.32. The Kier molecular flexibility index (Phi) is 2.61. The highest BCUT2D eigenvalue weighted by atomic mass is 15.2. The summed E-state index contributed by atoms with van der Waals surface area (Å²) in [5.74, 6) is 0. The average molecular weight is 286 g/mol. The minimum absolute atomic E-state index is 0.506. The molecular formula is C20H18N2. The molecule has 22 heavy (non-hydrogen) atoms. The van der Waals surface area contributed by atoms with Crippen molar-refractivity contribution >= 4 is 10.9 Å². The maximum absolute atomic E-state index is 4.95. The van der Waals surface area contributed by atoms with Crippen LogP contribution in [0.2, 0.25) is 0 Å². The zero-order chi connectivity index (χ0) is 14.5. The molecule has 1 unspecified atom stereocenters. The van der Waals surface area contributed by atoms with Gasteiger partial charge in [-0.1, -0.05) is 42.5 Å². The molecule has 0 aliphatic carbocycles. The van der Waals surface area contributed by atoms with E-state index in [0.717, 1.165) is 25.0 Å². The van der Waals surface area contributed by atoms with Crippen LogP contribution >= 0.6 is 0 Å². The molecule has 2 aliphatic rings. The molecule has 0 N–H and O–H groups in total. The third kappa shape index (κ3) is 1.80. The van der Waals surface area contributed by atoms with Crippen molar-refractivity contribution in [1.29, 1.82) is 0 Å². The lowest BCUT2D eigenvalue weighted by molar-refractivity contribution is 0.159. The second-order valence-corrected chi connectivity index (χ2v) is 6.43. The molecule has 108 valence electrons. The average Bonchev–Trinajstić information content (AvgIpc) is 2.58. The summed E-state index contributed by atoms with van der Waals surface area (Å²) in [5, 5.41) is 1.26. The molecule has 1 aromatic heterocycles. The van der Waals surface area contributed by atoms with Gasteiger partial charge >= 0.3 is 0 Å². The van der Waals surface area contributed by atoms with Crippen LogP contribution in [-0.2, 0) is 19.4 Å². The summed E-state index contributed by atoms with van der Waals surface area (Å²) < 4.78 is 0. The maximum Gasteiger partial charge on any atom is 0.0705 e. The second kappa shape index (κ2) is 4.65. The van der Waals surface area contributed by atoms with E-state index in [1.807, 2.05) is 0 Å². The maximum atomic E-state index is 4.95. The Hall–Kier alpha value is -2.19. The molecule has 2 heteroatoms. The third-order valence-corrected chi connectivity index (χ3v) is 5.18. The molecule has 2 aliphatic heterocycles. The van der Waals surface area contributed by atoms with Crippen molar-refractivity contribution < 1.29 is 0 Å². The number of benzene rings is 2. The van der Waals surface area contributed by atoms with Crippen molar-refractivity contribution in [3.63, 3.8) is 0 Å². The Labute approximate surface area is 130 Å². The van der Waals surface area contributed by atoms with E-state index < -0.39 is 0 Å². The number of fused-ring (bicyclic) bond motifs is 5. The highest BCUT2D eigenvalue weighted by molar-refractivity contribution is 5.79. The van der Waals surface area contributed by atoms with Gasteiger partial charge in [0.2, 0.25) is 0 Å². The van der Waals surface area contributed by atoms with E-state index in [2.05, 4.69) is 59.5 Å². The monoisotopic (exact) mass is 286 g/mol. The fourth-order valence-corrected chi connectivity index (χ4v) is 4.05. The predicted octanol–water partition coefficient (Wildman–Crippen LogP) is 3.89. The minimum Gasteiger partial charge on any atom is -0.291 e. The Morgan fingerprint density at radius 1 is 0.955 bits per heavy atom. The Bertz CT molecular complexity index is 868. The van der Waals surface area contributed by atoms with Crippen LogP contribution in [-0.4, -0.2) is 16.4 Å². The van der Waals surface area contributed by atoms with E-state index in [1.54, 1.807) is 0 Å². The summed E-state index contributed by atoms with van der Waals surface area (Å²) in [5.41, 5.74) is 6.85.